The number of ether oxygens (including phenoxy) is 1. The number of carbonyl (C=O) groups excluding carboxylic acids is 1. The third-order valence-electron chi connectivity index (χ3n) is 2.98. The van der Waals surface area contributed by atoms with Crippen LogP contribution in [-0.2, 0) is 11.2 Å². The second-order valence-corrected chi connectivity index (χ2v) is 4.37. The van der Waals surface area contributed by atoms with E-state index < -0.39 is 5.97 Å². The normalized spacial score (nSPS) is 10.1. The van der Waals surface area contributed by atoms with Crippen molar-refractivity contribution in [3.63, 3.8) is 0 Å². The van der Waals surface area contributed by atoms with Gasteiger partial charge in [-0.1, -0.05) is 24.3 Å². The molecule has 0 radical (unpaired) electrons. The Labute approximate surface area is 116 Å². The zero-order chi connectivity index (χ0) is 14.5. The van der Waals surface area contributed by atoms with Crippen molar-refractivity contribution < 1.29 is 19.4 Å². The van der Waals surface area contributed by atoms with Gasteiger partial charge in [0, 0.05) is 0 Å². The summed E-state index contributed by atoms with van der Waals surface area (Å²) >= 11 is 0. The van der Waals surface area contributed by atoms with Crippen LogP contribution in [0.3, 0.4) is 0 Å². The molecule has 102 valence electrons. The van der Waals surface area contributed by atoms with E-state index in [4.69, 9.17) is 5.11 Å². The van der Waals surface area contributed by atoms with Crippen LogP contribution in [0.15, 0.2) is 48.5 Å². The fraction of sp³-hybridized carbons (Fsp3) is 0.125. The Balaban J connectivity index is 2.10. The van der Waals surface area contributed by atoms with Crippen molar-refractivity contribution in [2.24, 2.45) is 0 Å². The lowest BCUT2D eigenvalue weighted by Gasteiger charge is -2.04. The predicted octanol–water partition coefficient (Wildman–Crippen LogP) is 2.76. The molecule has 2 aromatic rings. The maximum atomic E-state index is 11.3. The van der Waals surface area contributed by atoms with E-state index in [0.29, 0.717) is 12.0 Å². The van der Waals surface area contributed by atoms with E-state index in [1.54, 1.807) is 36.4 Å². The van der Waals surface area contributed by atoms with Gasteiger partial charge < -0.3 is 9.84 Å². The average molecular weight is 270 g/mol. The van der Waals surface area contributed by atoms with Crippen LogP contribution in [-0.4, -0.2) is 24.2 Å². The van der Waals surface area contributed by atoms with Crippen molar-refractivity contribution in [1.29, 1.82) is 0 Å². The van der Waals surface area contributed by atoms with Crippen LogP contribution in [0.25, 0.3) is 0 Å². The second-order valence-electron chi connectivity index (χ2n) is 4.37. The van der Waals surface area contributed by atoms with E-state index in [0.717, 1.165) is 11.1 Å². The summed E-state index contributed by atoms with van der Waals surface area (Å²) in [4.78, 5) is 22.1. The SMILES string of the molecule is COC(=O)c1ccc(Cc2ccc(C(=O)O)cc2)cc1. The summed E-state index contributed by atoms with van der Waals surface area (Å²) in [7, 11) is 1.35. The summed E-state index contributed by atoms with van der Waals surface area (Å²) in [6, 6.07) is 13.9. The first-order chi connectivity index (χ1) is 9.60. The van der Waals surface area contributed by atoms with E-state index in [9.17, 15) is 9.59 Å². The molecule has 4 heteroatoms. The highest BCUT2D eigenvalue weighted by molar-refractivity contribution is 5.89. The lowest BCUT2D eigenvalue weighted by Crippen LogP contribution is -2.01. The highest BCUT2D eigenvalue weighted by atomic mass is 16.5. The molecular formula is C16H14O4. The van der Waals surface area contributed by atoms with E-state index in [1.165, 1.54) is 7.11 Å². The largest absolute Gasteiger partial charge is 0.478 e. The zero-order valence-corrected chi connectivity index (χ0v) is 11.0. The van der Waals surface area contributed by atoms with Crippen LogP contribution < -0.4 is 0 Å². The number of methoxy groups -OCH3 is 1. The molecule has 0 aromatic heterocycles. The molecule has 0 aliphatic carbocycles. The molecule has 0 saturated carbocycles. The standard InChI is InChI=1S/C16H14O4/c1-20-16(19)14-8-4-12(5-9-14)10-11-2-6-13(7-3-11)15(17)18/h2-9H,10H2,1H3,(H,17,18). The fourth-order valence-electron chi connectivity index (χ4n) is 1.88. The molecule has 0 saturated heterocycles. The molecule has 2 aromatic carbocycles. The molecule has 4 nitrogen and oxygen atoms in total. The van der Waals surface area contributed by atoms with Crippen LogP contribution >= 0.6 is 0 Å². The van der Waals surface area contributed by atoms with E-state index >= 15 is 0 Å². The van der Waals surface area contributed by atoms with Crippen molar-refractivity contribution in [2.75, 3.05) is 7.11 Å². The van der Waals surface area contributed by atoms with Crippen LogP contribution in [0.1, 0.15) is 31.8 Å². The molecule has 0 aliphatic heterocycles. The first kappa shape index (κ1) is 13.8. The maximum absolute atomic E-state index is 11.3. The van der Waals surface area contributed by atoms with Crippen LogP contribution in [0.2, 0.25) is 0 Å². The minimum absolute atomic E-state index is 0.273. The molecule has 2 rings (SSSR count). The summed E-state index contributed by atoms with van der Waals surface area (Å²) in [5.74, 6) is -1.29. The van der Waals surface area contributed by atoms with Crippen molar-refractivity contribution in [1.82, 2.24) is 0 Å². The van der Waals surface area contributed by atoms with Crippen molar-refractivity contribution in [3.05, 3.63) is 70.8 Å². The van der Waals surface area contributed by atoms with Crippen LogP contribution in [0, 0.1) is 0 Å². The minimum Gasteiger partial charge on any atom is -0.478 e. The second kappa shape index (κ2) is 6.02. The topological polar surface area (TPSA) is 63.6 Å². The van der Waals surface area contributed by atoms with Gasteiger partial charge in [-0.05, 0) is 41.8 Å². The molecule has 0 heterocycles. The number of carboxylic acid groups (broad SMARTS) is 1. The Hall–Kier alpha value is -2.62. The number of rotatable bonds is 4. The van der Waals surface area contributed by atoms with Gasteiger partial charge in [-0.3, -0.25) is 0 Å². The van der Waals surface area contributed by atoms with Gasteiger partial charge in [0.1, 0.15) is 0 Å². The van der Waals surface area contributed by atoms with Crippen molar-refractivity contribution >= 4 is 11.9 Å². The van der Waals surface area contributed by atoms with Gasteiger partial charge in [0.05, 0.1) is 18.2 Å². The third kappa shape index (κ3) is 3.23. The number of esters is 1. The summed E-state index contributed by atoms with van der Waals surface area (Å²) in [6.07, 6.45) is 0.682. The van der Waals surface area contributed by atoms with E-state index in [1.807, 2.05) is 12.1 Å². The van der Waals surface area contributed by atoms with E-state index in [-0.39, 0.29) is 11.5 Å². The Morgan fingerprint density at radius 1 is 0.900 bits per heavy atom. The van der Waals surface area contributed by atoms with Gasteiger partial charge in [-0.25, -0.2) is 9.59 Å². The molecule has 0 unspecified atom stereocenters. The number of benzene rings is 2. The van der Waals surface area contributed by atoms with Crippen molar-refractivity contribution in [2.45, 2.75) is 6.42 Å². The van der Waals surface area contributed by atoms with Crippen LogP contribution in [0.5, 0.6) is 0 Å². The summed E-state index contributed by atoms with van der Waals surface area (Å²) in [6.45, 7) is 0. The monoisotopic (exact) mass is 270 g/mol. The predicted molar refractivity (Wildman–Crippen MR) is 74.0 cm³/mol. The van der Waals surface area contributed by atoms with Crippen LogP contribution in [0.4, 0.5) is 0 Å². The Morgan fingerprint density at radius 3 is 1.75 bits per heavy atom. The number of hydrogen-bond donors (Lipinski definition) is 1. The Morgan fingerprint density at radius 2 is 1.35 bits per heavy atom. The smallest absolute Gasteiger partial charge is 0.337 e. The summed E-state index contributed by atoms with van der Waals surface area (Å²) in [5, 5.41) is 8.83. The van der Waals surface area contributed by atoms with Gasteiger partial charge in [-0.15, -0.1) is 0 Å². The number of aromatic carboxylic acids is 1. The first-order valence-electron chi connectivity index (χ1n) is 6.09. The quantitative estimate of drug-likeness (QED) is 0.868. The lowest BCUT2D eigenvalue weighted by atomic mass is 10.0. The molecule has 0 atom stereocenters. The van der Waals surface area contributed by atoms with Crippen molar-refractivity contribution in [3.8, 4) is 0 Å². The Bertz CT molecular complexity index is 612. The van der Waals surface area contributed by atoms with Gasteiger partial charge >= 0.3 is 11.9 Å². The number of carbonyl (C=O) groups is 2. The highest BCUT2D eigenvalue weighted by Gasteiger charge is 2.05. The van der Waals surface area contributed by atoms with Gasteiger partial charge in [0.15, 0.2) is 0 Å². The van der Waals surface area contributed by atoms with Gasteiger partial charge in [0.2, 0.25) is 0 Å². The third-order valence-corrected chi connectivity index (χ3v) is 2.98. The first-order valence-corrected chi connectivity index (χ1v) is 6.09. The molecular weight excluding hydrogens is 256 g/mol. The molecule has 0 fully saturated rings. The number of carboxylic acids is 1. The highest BCUT2D eigenvalue weighted by Crippen LogP contribution is 2.12. The molecule has 0 amide bonds. The molecule has 1 N–H and O–H groups in total. The molecule has 0 aliphatic rings. The van der Waals surface area contributed by atoms with Gasteiger partial charge in [0.25, 0.3) is 0 Å². The molecule has 20 heavy (non-hydrogen) atoms. The fourth-order valence-corrected chi connectivity index (χ4v) is 1.88. The number of hydrogen-bond acceptors (Lipinski definition) is 3. The summed E-state index contributed by atoms with van der Waals surface area (Å²) in [5.41, 5.74) is 2.84. The average Bonchev–Trinajstić information content (AvgIpc) is 2.48. The Kier molecular flexibility index (Phi) is 4.15. The van der Waals surface area contributed by atoms with E-state index in [2.05, 4.69) is 4.74 Å². The van der Waals surface area contributed by atoms with Gasteiger partial charge in [-0.2, -0.15) is 0 Å². The summed E-state index contributed by atoms with van der Waals surface area (Å²) < 4.78 is 4.64. The molecule has 0 spiro atoms. The maximum Gasteiger partial charge on any atom is 0.337 e. The molecule has 0 bridgehead atoms. The lowest BCUT2D eigenvalue weighted by molar-refractivity contribution is 0.0600. The minimum atomic E-state index is -0.931. The zero-order valence-electron chi connectivity index (χ0n) is 11.0.